The summed E-state index contributed by atoms with van der Waals surface area (Å²) >= 11 is 0. The van der Waals surface area contributed by atoms with Crippen molar-refractivity contribution in [1.82, 2.24) is 0 Å². The average Bonchev–Trinajstić information content (AvgIpc) is 3.55. The molecule has 0 atom stereocenters. The number of anilines is 3. The molecule has 0 fully saturated rings. The maximum Gasteiger partial charge on any atom is 0.0645 e. The van der Waals surface area contributed by atoms with Crippen LogP contribution in [0.2, 0.25) is 0 Å². The lowest BCUT2D eigenvalue weighted by Gasteiger charge is -2.26. The lowest BCUT2D eigenvalue weighted by atomic mass is 9.93. The Labute approximate surface area is 398 Å². The Morgan fingerprint density at radius 2 is 0.538 bits per heavy atom. The lowest BCUT2D eigenvalue weighted by Crippen LogP contribution is -2.09. The van der Waals surface area contributed by atoms with Crippen LogP contribution >= 0.6 is 0 Å². The fourth-order valence-electron chi connectivity index (χ4n) is 8.19. The molecular weight excluding hydrogens is 783 g/mol. The molecule has 0 aliphatic heterocycles. The Hall–Kier alpha value is -8.52. The first kappa shape index (κ1) is 28.2. The van der Waals surface area contributed by atoms with Crippen LogP contribution in [-0.2, 0) is 0 Å². The van der Waals surface area contributed by atoms with Gasteiger partial charge in [0.15, 0.2) is 0 Å². The maximum absolute atomic E-state index is 9.84. The van der Waals surface area contributed by atoms with Crippen LogP contribution in [0.1, 0.15) is 16.4 Å². The van der Waals surface area contributed by atoms with E-state index in [1.165, 1.54) is 0 Å². The van der Waals surface area contributed by atoms with Crippen molar-refractivity contribution in [3.63, 3.8) is 0 Å². The van der Waals surface area contributed by atoms with Crippen molar-refractivity contribution >= 4 is 27.8 Å². The second-order valence-corrected chi connectivity index (χ2v) is 15.6. The average molecular weight is 840 g/mol. The van der Waals surface area contributed by atoms with Gasteiger partial charge in [-0.2, -0.15) is 0 Å². The number of hydrogen-bond donors (Lipinski definition) is 0. The molecule has 11 aromatic carbocycles. The highest BCUT2D eigenvalue weighted by Crippen LogP contribution is 2.40. The standard InChI is InChI=1S/C64H45N/c1-4-15-46(16-5-1)53-23-12-24-54(41-53)49-29-35-60(36-30-49)65(61-37-31-50(32-38-61)55-25-13-26-56(42-55)64-28-14-22-52-21-10-11-27-63(52)64)62-39-33-51(34-40-62)59-44-57(47-17-6-2-7-18-47)43-58(45-59)48-19-8-3-9-20-48/h1-45H/i29D,30D,31D,32D,33D,34D,35D,36D,37D,38D,39D,40D. The molecule has 0 bridgehead atoms. The van der Waals surface area contributed by atoms with Gasteiger partial charge in [0.25, 0.3) is 0 Å². The molecule has 0 radical (unpaired) electrons. The number of nitrogens with zero attached hydrogens (tertiary/aromatic N) is 1. The Morgan fingerprint density at radius 1 is 0.231 bits per heavy atom. The number of fused-ring (bicyclic) bond motifs is 1. The summed E-state index contributed by atoms with van der Waals surface area (Å²) in [6, 6.07) is 54.8. The molecule has 0 saturated heterocycles. The largest absolute Gasteiger partial charge is 0.311 e. The Morgan fingerprint density at radius 3 is 1.03 bits per heavy atom. The van der Waals surface area contributed by atoms with Gasteiger partial charge < -0.3 is 4.90 Å². The quantitative estimate of drug-likeness (QED) is 0.133. The van der Waals surface area contributed by atoms with Crippen molar-refractivity contribution in [2.24, 2.45) is 0 Å². The summed E-state index contributed by atoms with van der Waals surface area (Å²) in [4.78, 5) is 0.863. The third-order valence-electron chi connectivity index (χ3n) is 11.5. The van der Waals surface area contributed by atoms with Crippen LogP contribution in [0.15, 0.2) is 273 Å². The highest BCUT2D eigenvalue weighted by Gasteiger charge is 2.16. The van der Waals surface area contributed by atoms with E-state index in [1.54, 1.807) is 48.5 Å². The normalized spacial score (nSPS) is 13.7. The van der Waals surface area contributed by atoms with Gasteiger partial charge in [0.1, 0.15) is 0 Å². The molecule has 0 N–H and O–H groups in total. The van der Waals surface area contributed by atoms with Crippen LogP contribution in [0.4, 0.5) is 17.1 Å². The van der Waals surface area contributed by atoms with Crippen LogP contribution in [-0.4, -0.2) is 0 Å². The zero-order chi connectivity index (χ0) is 53.8. The van der Waals surface area contributed by atoms with Crippen LogP contribution in [0.25, 0.3) is 88.7 Å². The molecule has 0 saturated carbocycles. The van der Waals surface area contributed by atoms with Crippen molar-refractivity contribution in [2.45, 2.75) is 0 Å². The monoisotopic (exact) mass is 839 g/mol. The van der Waals surface area contributed by atoms with Crippen LogP contribution in [0.5, 0.6) is 0 Å². The fraction of sp³-hybridized carbons (Fsp3) is 0. The van der Waals surface area contributed by atoms with E-state index in [-0.39, 0.29) is 16.7 Å². The number of hydrogen-bond acceptors (Lipinski definition) is 1. The summed E-state index contributed by atoms with van der Waals surface area (Å²) in [5, 5.41) is 1.98. The smallest absolute Gasteiger partial charge is 0.0645 e. The van der Waals surface area contributed by atoms with Crippen molar-refractivity contribution in [3.05, 3.63) is 273 Å². The van der Waals surface area contributed by atoms with E-state index >= 15 is 0 Å². The molecule has 1 nitrogen and oxygen atoms in total. The second-order valence-electron chi connectivity index (χ2n) is 15.6. The highest BCUT2D eigenvalue weighted by molar-refractivity contribution is 5.97. The first-order chi connectivity index (χ1) is 37.2. The third-order valence-corrected chi connectivity index (χ3v) is 11.5. The zero-order valence-corrected chi connectivity index (χ0v) is 35.0. The molecule has 11 rings (SSSR count). The maximum atomic E-state index is 9.84. The molecule has 0 heterocycles. The molecule has 0 spiro atoms. The topological polar surface area (TPSA) is 3.24 Å². The SMILES string of the molecule is [2H]c1c([2H])c(N(c2c([2H])c([2H])c(-c3cc(-c4ccccc4)cc(-c4ccccc4)c3)c([2H])c2[2H])c2c([2H])c([2H])c(-c3cccc(-c4cccc5ccccc45)c3)c([2H])c2[2H])c([2H])c([2H])c1-c1cccc(-c2ccccc2)c1. The van der Waals surface area contributed by atoms with Gasteiger partial charge in [0.2, 0.25) is 0 Å². The Balaban J connectivity index is 1.15. The van der Waals surface area contributed by atoms with E-state index in [4.69, 9.17) is 0 Å². The molecule has 306 valence electrons. The molecule has 0 aliphatic carbocycles. The van der Waals surface area contributed by atoms with E-state index in [9.17, 15) is 16.4 Å². The summed E-state index contributed by atoms with van der Waals surface area (Å²) in [7, 11) is 0. The van der Waals surface area contributed by atoms with Gasteiger partial charge in [-0.3, -0.25) is 0 Å². The summed E-state index contributed by atoms with van der Waals surface area (Å²) in [6.45, 7) is 0. The van der Waals surface area contributed by atoms with E-state index in [0.29, 0.717) is 16.7 Å². The van der Waals surface area contributed by atoms with Gasteiger partial charge in [0, 0.05) is 17.1 Å². The van der Waals surface area contributed by atoms with Gasteiger partial charge in [0.05, 0.1) is 16.4 Å². The summed E-state index contributed by atoms with van der Waals surface area (Å²) in [5.41, 5.74) is 5.50. The Kier molecular flexibility index (Phi) is 7.68. The molecule has 0 aliphatic rings. The van der Waals surface area contributed by atoms with Gasteiger partial charge in [-0.15, -0.1) is 0 Å². The van der Waals surface area contributed by atoms with E-state index in [2.05, 4.69) is 0 Å². The predicted octanol–water partition coefficient (Wildman–Crippen LogP) is 18.0. The predicted molar refractivity (Wildman–Crippen MR) is 277 cm³/mol. The van der Waals surface area contributed by atoms with Crippen LogP contribution in [0.3, 0.4) is 0 Å². The zero-order valence-electron chi connectivity index (χ0n) is 47.0. The van der Waals surface area contributed by atoms with Crippen molar-refractivity contribution in [2.75, 3.05) is 4.90 Å². The fourth-order valence-corrected chi connectivity index (χ4v) is 8.19. The Bertz CT molecular complexity index is 3980. The van der Waals surface area contributed by atoms with Crippen LogP contribution < -0.4 is 4.90 Å². The highest BCUT2D eigenvalue weighted by atomic mass is 15.1. The molecule has 0 aromatic heterocycles. The van der Waals surface area contributed by atoms with Crippen LogP contribution in [0, 0.1) is 0 Å². The van der Waals surface area contributed by atoms with Gasteiger partial charge in [-0.05, 0) is 155 Å². The first-order valence-corrected chi connectivity index (χ1v) is 21.3. The molecule has 0 amide bonds. The van der Waals surface area contributed by atoms with Gasteiger partial charge in [-0.25, -0.2) is 0 Å². The molecule has 1 heteroatoms. The molecular formula is C64H45N. The van der Waals surface area contributed by atoms with E-state index < -0.39 is 89.6 Å². The minimum Gasteiger partial charge on any atom is -0.311 e. The molecule has 65 heavy (non-hydrogen) atoms. The number of benzene rings is 11. The van der Waals surface area contributed by atoms with Gasteiger partial charge in [-0.1, -0.05) is 206 Å². The minimum atomic E-state index is -0.687. The van der Waals surface area contributed by atoms with Crippen molar-refractivity contribution < 1.29 is 16.4 Å². The first-order valence-electron chi connectivity index (χ1n) is 27.3. The minimum absolute atomic E-state index is 0.0649. The van der Waals surface area contributed by atoms with E-state index in [1.807, 2.05) is 152 Å². The molecule has 0 unspecified atom stereocenters. The van der Waals surface area contributed by atoms with Crippen molar-refractivity contribution in [3.8, 4) is 77.9 Å². The lowest BCUT2D eigenvalue weighted by molar-refractivity contribution is 1.28. The summed E-state index contributed by atoms with van der Waals surface area (Å²) in [6.07, 6.45) is 0. The molecule has 11 aromatic rings. The number of rotatable bonds is 10. The van der Waals surface area contributed by atoms with E-state index in [0.717, 1.165) is 60.2 Å². The second kappa shape index (κ2) is 17.7. The summed E-state index contributed by atoms with van der Waals surface area (Å²) < 4.78 is 117. The summed E-state index contributed by atoms with van der Waals surface area (Å²) in [5.74, 6) is 0. The third kappa shape index (κ3) is 8.27. The van der Waals surface area contributed by atoms with Crippen molar-refractivity contribution in [1.29, 1.82) is 0 Å². The van der Waals surface area contributed by atoms with Gasteiger partial charge >= 0.3 is 0 Å².